The summed E-state index contributed by atoms with van der Waals surface area (Å²) in [5.74, 6) is 0.352. The van der Waals surface area contributed by atoms with Crippen LogP contribution in [0.2, 0.25) is 0 Å². The normalized spacial score (nSPS) is 10.8. The van der Waals surface area contributed by atoms with Crippen LogP contribution in [0.15, 0.2) is 67.0 Å². The molecule has 0 aliphatic heterocycles. The van der Waals surface area contributed by atoms with Gasteiger partial charge in [0.1, 0.15) is 5.82 Å². The van der Waals surface area contributed by atoms with Gasteiger partial charge in [-0.1, -0.05) is 48.0 Å². The van der Waals surface area contributed by atoms with Crippen molar-refractivity contribution < 1.29 is 4.39 Å². The summed E-state index contributed by atoms with van der Waals surface area (Å²) >= 11 is 5.41. The van der Waals surface area contributed by atoms with E-state index in [1.807, 2.05) is 29.9 Å². The molecule has 2 heterocycles. The van der Waals surface area contributed by atoms with Gasteiger partial charge in [-0.3, -0.25) is 9.36 Å². The molecule has 0 bridgehead atoms. The topological polar surface area (TPSA) is 59.7 Å². The van der Waals surface area contributed by atoms with E-state index < -0.39 is 0 Å². The van der Waals surface area contributed by atoms with Crippen LogP contribution in [0.5, 0.6) is 0 Å². The summed E-state index contributed by atoms with van der Waals surface area (Å²) in [5.41, 5.74) is 4.68. The molecule has 4 rings (SSSR count). The molecule has 0 radical (unpaired) electrons. The molecule has 2 aromatic carbocycles. The average Bonchev–Trinajstić information content (AvgIpc) is 3.31. The van der Waals surface area contributed by atoms with E-state index in [2.05, 4.69) is 52.0 Å². The largest absolute Gasteiger partial charge is 0.330 e. The van der Waals surface area contributed by atoms with Crippen molar-refractivity contribution in [2.24, 2.45) is 0 Å². The Morgan fingerprint density at radius 1 is 1.03 bits per heavy atom. The van der Waals surface area contributed by atoms with E-state index in [1.165, 1.54) is 17.2 Å². The van der Waals surface area contributed by atoms with Crippen molar-refractivity contribution in [3.05, 3.63) is 95.2 Å². The predicted molar refractivity (Wildman–Crippen MR) is 125 cm³/mol. The lowest BCUT2D eigenvalue weighted by Crippen LogP contribution is -2.19. The third-order valence-corrected chi connectivity index (χ3v) is 5.06. The van der Waals surface area contributed by atoms with Crippen molar-refractivity contribution in [2.45, 2.75) is 26.9 Å². The zero-order chi connectivity index (χ0) is 21.8. The molecule has 2 N–H and O–H groups in total. The predicted octanol–water partition coefficient (Wildman–Crippen LogP) is 4.74. The number of aryl methyl sites for hydroxylation is 2. The Morgan fingerprint density at radius 2 is 1.81 bits per heavy atom. The van der Waals surface area contributed by atoms with Crippen molar-refractivity contribution in [1.82, 2.24) is 19.6 Å². The Hall–Kier alpha value is -3.52. The van der Waals surface area contributed by atoms with Gasteiger partial charge in [-0.25, -0.2) is 4.39 Å². The molecule has 6 nitrogen and oxygen atoms in total. The van der Waals surface area contributed by atoms with Gasteiger partial charge >= 0.3 is 0 Å². The number of hydrogen-bond donors (Lipinski definition) is 2. The summed E-state index contributed by atoms with van der Waals surface area (Å²) in [4.78, 5) is 0. The number of thiocarbonyl (C=S) groups is 1. The van der Waals surface area contributed by atoms with Gasteiger partial charge in [0.2, 0.25) is 0 Å². The maximum absolute atomic E-state index is 13.9. The smallest absolute Gasteiger partial charge is 0.176 e. The van der Waals surface area contributed by atoms with Crippen molar-refractivity contribution in [2.75, 3.05) is 10.6 Å². The molecule has 0 spiro atoms. The first-order chi connectivity index (χ1) is 15.0. The number of nitrogens with one attached hydrogen (secondary N) is 2. The zero-order valence-corrected chi connectivity index (χ0v) is 18.2. The third kappa shape index (κ3) is 5.35. The molecular weight excluding hydrogens is 411 g/mol. The summed E-state index contributed by atoms with van der Waals surface area (Å²) in [6.45, 7) is 5.02. The van der Waals surface area contributed by atoms with E-state index in [0.717, 1.165) is 11.4 Å². The molecule has 2 aromatic heterocycles. The second kappa shape index (κ2) is 9.09. The zero-order valence-electron chi connectivity index (χ0n) is 17.3. The Labute approximate surface area is 185 Å². The van der Waals surface area contributed by atoms with Crippen LogP contribution < -0.4 is 10.6 Å². The molecule has 0 saturated carbocycles. The number of rotatable bonds is 6. The molecule has 8 heteroatoms. The van der Waals surface area contributed by atoms with Crippen LogP contribution in [-0.2, 0) is 13.1 Å². The maximum Gasteiger partial charge on any atom is 0.176 e. The number of benzene rings is 2. The second-order valence-electron chi connectivity index (χ2n) is 7.41. The van der Waals surface area contributed by atoms with Crippen molar-refractivity contribution in [1.29, 1.82) is 0 Å². The summed E-state index contributed by atoms with van der Waals surface area (Å²) in [5, 5.41) is 15.5. The fraction of sp³-hybridized carbons (Fsp3) is 0.174. The summed E-state index contributed by atoms with van der Waals surface area (Å²) < 4.78 is 17.5. The first kappa shape index (κ1) is 20.7. The van der Waals surface area contributed by atoms with Gasteiger partial charge in [0.05, 0.1) is 25.0 Å². The Morgan fingerprint density at radius 3 is 2.58 bits per heavy atom. The van der Waals surface area contributed by atoms with Crippen molar-refractivity contribution in [3.63, 3.8) is 0 Å². The minimum Gasteiger partial charge on any atom is -0.330 e. The number of halogens is 1. The molecule has 0 aliphatic carbocycles. The minimum absolute atomic E-state index is 0.244. The molecule has 158 valence electrons. The summed E-state index contributed by atoms with van der Waals surface area (Å²) in [7, 11) is 0. The SMILES string of the molecule is Cc1ccc(Cn2cc(NC(=S)Nc3cc(C)n(Cc4ccccc4F)n3)cn2)cc1. The molecule has 0 fully saturated rings. The Bertz CT molecular complexity index is 1200. The fourth-order valence-corrected chi connectivity index (χ4v) is 3.42. The van der Waals surface area contributed by atoms with E-state index in [9.17, 15) is 4.39 Å². The van der Waals surface area contributed by atoms with Crippen molar-refractivity contribution in [3.8, 4) is 0 Å². The van der Waals surface area contributed by atoms with E-state index >= 15 is 0 Å². The molecule has 4 aromatic rings. The summed E-state index contributed by atoms with van der Waals surface area (Å²) in [6.07, 6.45) is 3.63. The summed E-state index contributed by atoms with van der Waals surface area (Å²) in [6, 6.07) is 16.9. The fourth-order valence-electron chi connectivity index (χ4n) is 3.19. The second-order valence-corrected chi connectivity index (χ2v) is 7.82. The monoisotopic (exact) mass is 434 g/mol. The number of nitrogens with zero attached hydrogens (tertiary/aromatic N) is 4. The molecule has 0 unspecified atom stereocenters. The van der Waals surface area contributed by atoms with Crippen LogP contribution in [-0.4, -0.2) is 24.7 Å². The molecular formula is C23H23FN6S. The van der Waals surface area contributed by atoms with Gasteiger partial charge in [-0.2, -0.15) is 10.2 Å². The molecule has 0 amide bonds. The standard InChI is InChI=1S/C23H23FN6S/c1-16-7-9-18(10-8-16)13-29-15-20(12-25-29)26-23(31)27-22-11-17(2)30(28-22)14-19-5-3-4-6-21(19)24/h3-12,15H,13-14H2,1-2H3,(H2,26,27,28,31). The van der Waals surface area contributed by atoms with Gasteiger partial charge in [-0.05, 0) is 37.7 Å². The highest BCUT2D eigenvalue weighted by atomic mass is 32.1. The van der Waals surface area contributed by atoms with E-state index in [1.54, 1.807) is 23.0 Å². The minimum atomic E-state index is -0.244. The lowest BCUT2D eigenvalue weighted by Gasteiger charge is -2.07. The quantitative estimate of drug-likeness (QED) is 0.429. The molecule has 0 atom stereocenters. The highest BCUT2D eigenvalue weighted by Crippen LogP contribution is 2.15. The lowest BCUT2D eigenvalue weighted by atomic mass is 10.1. The van der Waals surface area contributed by atoms with Crippen LogP contribution in [0.3, 0.4) is 0 Å². The molecule has 0 aliphatic rings. The first-order valence-corrected chi connectivity index (χ1v) is 10.3. The maximum atomic E-state index is 13.9. The lowest BCUT2D eigenvalue weighted by molar-refractivity contribution is 0.581. The van der Waals surface area contributed by atoms with Crippen LogP contribution >= 0.6 is 12.2 Å². The number of aromatic nitrogens is 4. The van der Waals surface area contributed by atoms with Crippen LogP contribution in [0.4, 0.5) is 15.9 Å². The van der Waals surface area contributed by atoms with Gasteiger partial charge in [0.25, 0.3) is 0 Å². The van der Waals surface area contributed by atoms with Crippen LogP contribution in [0, 0.1) is 19.7 Å². The Balaban J connectivity index is 1.35. The molecule has 0 saturated heterocycles. The van der Waals surface area contributed by atoms with E-state index in [-0.39, 0.29) is 5.82 Å². The number of anilines is 2. The highest BCUT2D eigenvalue weighted by molar-refractivity contribution is 7.80. The van der Waals surface area contributed by atoms with Gasteiger partial charge in [0.15, 0.2) is 10.9 Å². The first-order valence-electron chi connectivity index (χ1n) is 9.90. The van der Waals surface area contributed by atoms with Gasteiger partial charge < -0.3 is 10.6 Å². The van der Waals surface area contributed by atoms with Crippen LogP contribution in [0.25, 0.3) is 0 Å². The van der Waals surface area contributed by atoms with Crippen molar-refractivity contribution >= 4 is 28.8 Å². The van der Waals surface area contributed by atoms with Gasteiger partial charge in [0, 0.05) is 23.5 Å². The number of hydrogen-bond acceptors (Lipinski definition) is 3. The third-order valence-electron chi connectivity index (χ3n) is 4.86. The molecule has 31 heavy (non-hydrogen) atoms. The highest BCUT2D eigenvalue weighted by Gasteiger charge is 2.09. The van der Waals surface area contributed by atoms with Crippen LogP contribution in [0.1, 0.15) is 22.4 Å². The van der Waals surface area contributed by atoms with Gasteiger partial charge in [-0.15, -0.1) is 0 Å². The van der Waals surface area contributed by atoms with E-state index in [0.29, 0.717) is 29.6 Å². The Kier molecular flexibility index (Phi) is 6.08. The van der Waals surface area contributed by atoms with E-state index in [4.69, 9.17) is 12.2 Å². The average molecular weight is 435 g/mol.